The molecule has 0 aromatic carbocycles. The summed E-state index contributed by atoms with van der Waals surface area (Å²) >= 11 is 1.40. The van der Waals surface area contributed by atoms with Gasteiger partial charge in [-0.05, 0) is 6.42 Å². The Kier molecular flexibility index (Phi) is 6.67. The molecule has 47 valence electrons. The van der Waals surface area contributed by atoms with Gasteiger partial charge in [-0.2, -0.15) is 0 Å². The van der Waals surface area contributed by atoms with E-state index in [1.54, 1.807) is 6.41 Å². The van der Waals surface area contributed by atoms with Gasteiger partial charge in [0, 0.05) is 5.75 Å². The summed E-state index contributed by atoms with van der Waals surface area (Å²) in [4.78, 5) is 9.51. The highest BCUT2D eigenvalue weighted by Crippen LogP contribution is 1.96. The Morgan fingerprint density at radius 2 is 2.50 bits per heavy atom. The minimum absolute atomic E-state index is 0.992. The normalized spacial score (nSPS) is 8.62. The SMILES string of the molecule is CCCCSN[C]=O. The van der Waals surface area contributed by atoms with Crippen LogP contribution in [0.15, 0.2) is 0 Å². The molecule has 0 aromatic rings. The maximum Gasteiger partial charge on any atom is 0.320 e. The molecule has 0 aliphatic rings. The van der Waals surface area contributed by atoms with Crippen molar-refractivity contribution in [3.8, 4) is 0 Å². The van der Waals surface area contributed by atoms with Gasteiger partial charge in [0.05, 0.1) is 0 Å². The number of nitrogens with one attached hydrogen (secondary N) is 1. The van der Waals surface area contributed by atoms with Crippen molar-refractivity contribution in [2.45, 2.75) is 19.8 Å². The van der Waals surface area contributed by atoms with Crippen LogP contribution in [0.4, 0.5) is 0 Å². The number of amides is 1. The van der Waals surface area contributed by atoms with Gasteiger partial charge in [-0.3, -0.25) is 9.52 Å². The predicted molar refractivity (Wildman–Crippen MR) is 36.2 cm³/mol. The van der Waals surface area contributed by atoms with Crippen LogP contribution < -0.4 is 4.72 Å². The van der Waals surface area contributed by atoms with Crippen LogP contribution >= 0.6 is 11.9 Å². The second kappa shape index (κ2) is 6.82. The summed E-state index contributed by atoms with van der Waals surface area (Å²) in [7, 11) is 0. The van der Waals surface area contributed by atoms with E-state index in [4.69, 9.17) is 0 Å². The maximum absolute atomic E-state index is 9.51. The van der Waals surface area contributed by atoms with Crippen LogP contribution in [-0.4, -0.2) is 12.2 Å². The molecule has 1 N–H and O–H groups in total. The molecule has 8 heavy (non-hydrogen) atoms. The van der Waals surface area contributed by atoms with Crippen molar-refractivity contribution in [1.82, 2.24) is 4.72 Å². The summed E-state index contributed by atoms with van der Waals surface area (Å²) in [5, 5.41) is 0. The fraction of sp³-hybridized carbons (Fsp3) is 0.800. The number of carbonyl (C=O) groups excluding carboxylic acids is 1. The summed E-state index contributed by atoms with van der Waals surface area (Å²) in [5.41, 5.74) is 0. The van der Waals surface area contributed by atoms with Crippen molar-refractivity contribution >= 4 is 18.4 Å². The molecule has 1 amide bonds. The van der Waals surface area contributed by atoms with Crippen LogP contribution in [0.25, 0.3) is 0 Å². The van der Waals surface area contributed by atoms with Crippen LogP contribution in [0.2, 0.25) is 0 Å². The lowest BCUT2D eigenvalue weighted by molar-refractivity contribution is 0.554. The van der Waals surface area contributed by atoms with Gasteiger partial charge in [-0.25, -0.2) is 0 Å². The molecule has 0 fully saturated rings. The molecule has 0 saturated heterocycles. The van der Waals surface area contributed by atoms with E-state index >= 15 is 0 Å². The third kappa shape index (κ3) is 5.82. The van der Waals surface area contributed by atoms with Gasteiger partial charge in [0.25, 0.3) is 0 Å². The molecule has 0 bridgehead atoms. The van der Waals surface area contributed by atoms with Gasteiger partial charge in [0.1, 0.15) is 0 Å². The molecule has 0 spiro atoms. The molecule has 0 saturated carbocycles. The standard InChI is InChI=1S/C5H10NOS/c1-2-3-4-8-6-5-7/h2-4H2,1H3,(H,6,7). The highest BCUT2D eigenvalue weighted by molar-refractivity contribution is 7.97. The first kappa shape index (κ1) is 7.82. The first-order valence-electron chi connectivity index (χ1n) is 2.65. The highest BCUT2D eigenvalue weighted by atomic mass is 32.2. The second-order valence-corrected chi connectivity index (χ2v) is 2.31. The number of hydrogen-bond acceptors (Lipinski definition) is 2. The third-order valence-electron chi connectivity index (χ3n) is 0.714. The van der Waals surface area contributed by atoms with Crippen molar-refractivity contribution in [2.24, 2.45) is 0 Å². The fourth-order valence-electron chi connectivity index (χ4n) is 0.297. The van der Waals surface area contributed by atoms with E-state index in [1.807, 2.05) is 0 Å². The molecule has 0 unspecified atom stereocenters. The first-order valence-corrected chi connectivity index (χ1v) is 3.64. The van der Waals surface area contributed by atoms with Crippen LogP contribution in [0.3, 0.4) is 0 Å². The minimum atomic E-state index is 0.992. The predicted octanol–water partition coefficient (Wildman–Crippen LogP) is 1.09. The quantitative estimate of drug-likeness (QED) is 0.344. The molecule has 0 aliphatic heterocycles. The van der Waals surface area contributed by atoms with Crippen molar-refractivity contribution in [1.29, 1.82) is 0 Å². The lowest BCUT2D eigenvalue weighted by atomic mass is 10.4. The van der Waals surface area contributed by atoms with E-state index in [1.165, 1.54) is 18.4 Å². The molecular formula is C5H10NOS. The smallest absolute Gasteiger partial charge is 0.292 e. The van der Waals surface area contributed by atoms with Gasteiger partial charge in [-0.15, -0.1) is 0 Å². The Hall–Kier alpha value is -0.180. The molecule has 0 rings (SSSR count). The molecule has 0 atom stereocenters. The van der Waals surface area contributed by atoms with Gasteiger partial charge < -0.3 is 0 Å². The lowest BCUT2D eigenvalue weighted by Crippen LogP contribution is -1.98. The van der Waals surface area contributed by atoms with Crippen LogP contribution in [0.1, 0.15) is 19.8 Å². The summed E-state index contributed by atoms with van der Waals surface area (Å²) in [6.07, 6.45) is 3.92. The summed E-state index contributed by atoms with van der Waals surface area (Å²) in [6, 6.07) is 0. The zero-order valence-corrected chi connectivity index (χ0v) is 5.75. The molecule has 3 heteroatoms. The monoisotopic (exact) mass is 132 g/mol. The van der Waals surface area contributed by atoms with E-state index in [2.05, 4.69) is 11.6 Å². The molecule has 0 heterocycles. The zero-order valence-electron chi connectivity index (χ0n) is 4.94. The Morgan fingerprint density at radius 1 is 1.75 bits per heavy atom. The summed E-state index contributed by atoms with van der Waals surface area (Å²) < 4.78 is 2.39. The topological polar surface area (TPSA) is 29.1 Å². The average Bonchev–Trinajstić information content (AvgIpc) is 1.81. The zero-order chi connectivity index (χ0) is 6.24. The molecule has 2 nitrogen and oxygen atoms in total. The summed E-state index contributed by atoms with van der Waals surface area (Å²) in [5.74, 6) is 0.992. The minimum Gasteiger partial charge on any atom is -0.292 e. The Labute approximate surface area is 54.2 Å². The van der Waals surface area contributed by atoms with Crippen molar-refractivity contribution in [2.75, 3.05) is 5.75 Å². The van der Waals surface area contributed by atoms with E-state index in [9.17, 15) is 4.79 Å². The maximum atomic E-state index is 9.51. The summed E-state index contributed by atoms with van der Waals surface area (Å²) in [6.45, 7) is 2.12. The Morgan fingerprint density at radius 3 is 3.00 bits per heavy atom. The number of rotatable bonds is 5. The number of hydrogen-bond donors (Lipinski definition) is 1. The molecule has 0 aromatic heterocycles. The van der Waals surface area contributed by atoms with Crippen molar-refractivity contribution in [3.05, 3.63) is 0 Å². The molecule has 1 radical (unpaired) electrons. The number of unbranched alkanes of at least 4 members (excludes halogenated alkanes) is 1. The van der Waals surface area contributed by atoms with Crippen molar-refractivity contribution < 1.29 is 4.79 Å². The molecule has 0 aliphatic carbocycles. The third-order valence-corrected chi connectivity index (χ3v) is 1.43. The van der Waals surface area contributed by atoms with Gasteiger partial charge >= 0.3 is 6.41 Å². The van der Waals surface area contributed by atoms with Crippen LogP contribution in [0, 0.1) is 0 Å². The van der Waals surface area contributed by atoms with Crippen LogP contribution in [0.5, 0.6) is 0 Å². The van der Waals surface area contributed by atoms with E-state index in [0.29, 0.717) is 0 Å². The van der Waals surface area contributed by atoms with Crippen molar-refractivity contribution in [3.63, 3.8) is 0 Å². The van der Waals surface area contributed by atoms with Gasteiger partial charge in [0.15, 0.2) is 0 Å². The highest BCUT2D eigenvalue weighted by Gasteiger charge is 1.82. The second-order valence-electron chi connectivity index (χ2n) is 1.41. The largest absolute Gasteiger partial charge is 0.320 e. The first-order chi connectivity index (χ1) is 3.91. The Balaban J connectivity index is 2.62. The van der Waals surface area contributed by atoms with Gasteiger partial charge in [-0.1, -0.05) is 25.3 Å². The average molecular weight is 132 g/mol. The van der Waals surface area contributed by atoms with Gasteiger partial charge in [0.2, 0.25) is 0 Å². The lowest BCUT2D eigenvalue weighted by Gasteiger charge is -1.92. The van der Waals surface area contributed by atoms with Crippen LogP contribution in [-0.2, 0) is 4.79 Å². The van der Waals surface area contributed by atoms with E-state index < -0.39 is 0 Å². The van der Waals surface area contributed by atoms with E-state index in [-0.39, 0.29) is 0 Å². The fourth-order valence-corrected chi connectivity index (χ4v) is 0.891. The van der Waals surface area contributed by atoms with E-state index in [0.717, 1.165) is 12.2 Å². The Bertz CT molecular complexity index is 58.4. The molecular weight excluding hydrogens is 122 g/mol.